The minimum absolute atomic E-state index is 0.00103. The van der Waals surface area contributed by atoms with Crippen LogP contribution < -0.4 is 9.46 Å². The van der Waals surface area contributed by atoms with Crippen molar-refractivity contribution in [1.29, 1.82) is 0 Å². The van der Waals surface area contributed by atoms with Gasteiger partial charge in [0.2, 0.25) is 0 Å². The molecule has 0 saturated carbocycles. The first-order chi connectivity index (χ1) is 17.3. The van der Waals surface area contributed by atoms with E-state index in [0.717, 1.165) is 39.1 Å². The molecule has 11 heteroatoms. The highest BCUT2D eigenvalue weighted by Gasteiger charge is 2.36. The first-order valence-corrected chi connectivity index (χ1v) is 14.1. The van der Waals surface area contributed by atoms with Crippen molar-refractivity contribution in [3.05, 3.63) is 76.3 Å². The van der Waals surface area contributed by atoms with Crippen molar-refractivity contribution < 1.29 is 26.3 Å². The van der Waals surface area contributed by atoms with E-state index in [1.54, 1.807) is 12.1 Å². The van der Waals surface area contributed by atoms with Gasteiger partial charge in [-0.3, -0.25) is 4.72 Å². The molecule has 1 fully saturated rings. The molecule has 1 aliphatic heterocycles. The highest BCUT2D eigenvalue weighted by molar-refractivity contribution is 7.99. The molecular weight excluding hydrogens is 545 g/mol. The van der Waals surface area contributed by atoms with Gasteiger partial charge >= 0.3 is 6.18 Å². The number of likely N-dealkylation sites (tertiary alicyclic amines) is 1. The van der Waals surface area contributed by atoms with Crippen LogP contribution in [0.4, 0.5) is 18.9 Å². The van der Waals surface area contributed by atoms with Gasteiger partial charge in [-0.25, -0.2) is 8.42 Å². The lowest BCUT2D eigenvalue weighted by atomic mass is 10.1. The summed E-state index contributed by atoms with van der Waals surface area (Å²) in [6, 6.07) is 13.5. The van der Waals surface area contributed by atoms with Crippen molar-refractivity contribution in [2.24, 2.45) is 0 Å². The molecule has 1 heterocycles. The molecule has 1 atom stereocenters. The van der Waals surface area contributed by atoms with Gasteiger partial charge in [0.15, 0.2) is 0 Å². The number of ether oxygens (including phenoxy) is 1. The first kappa shape index (κ1) is 27.6. The molecule has 3 aromatic carbocycles. The van der Waals surface area contributed by atoms with Crippen LogP contribution in [0.5, 0.6) is 5.75 Å². The van der Waals surface area contributed by atoms with E-state index in [-0.39, 0.29) is 15.6 Å². The summed E-state index contributed by atoms with van der Waals surface area (Å²) in [6.07, 6.45) is -4.50. The second kappa shape index (κ2) is 10.8. The van der Waals surface area contributed by atoms with Crippen molar-refractivity contribution in [1.82, 2.24) is 4.90 Å². The Morgan fingerprint density at radius 1 is 1.08 bits per heavy atom. The molecule has 198 valence electrons. The van der Waals surface area contributed by atoms with Crippen molar-refractivity contribution in [3.8, 4) is 5.75 Å². The SMILES string of the molecule is Cc1cccc(C)c1Sc1ccc(S(=O)(=O)Nc2ccc(C(F)(F)F)c(OC3CCN(C)C3)c2)c(Cl)c1. The van der Waals surface area contributed by atoms with E-state index in [1.807, 2.05) is 44.0 Å². The monoisotopic (exact) mass is 570 g/mol. The molecule has 1 aliphatic rings. The summed E-state index contributed by atoms with van der Waals surface area (Å²) in [5.41, 5.74) is 1.16. The Hall–Kier alpha value is -2.40. The normalized spacial score (nSPS) is 16.7. The second-order valence-electron chi connectivity index (χ2n) is 9.02. The van der Waals surface area contributed by atoms with Crippen LogP contribution in [0.3, 0.4) is 0 Å². The summed E-state index contributed by atoms with van der Waals surface area (Å²) in [4.78, 5) is 3.58. The second-order valence-corrected chi connectivity index (χ2v) is 12.2. The molecule has 5 nitrogen and oxygen atoms in total. The Morgan fingerprint density at radius 3 is 2.38 bits per heavy atom. The number of benzene rings is 3. The fourth-order valence-corrected chi connectivity index (χ4v) is 6.81. The summed E-state index contributed by atoms with van der Waals surface area (Å²) in [5, 5.41) is 0.00103. The molecule has 4 rings (SSSR count). The van der Waals surface area contributed by atoms with Crippen LogP contribution >= 0.6 is 23.4 Å². The van der Waals surface area contributed by atoms with Crippen LogP contribution in [0.1, 0.15) is 23.1 Å². The van der Waals surface area contributed by atoms with Crippen LogP contribution in [0, 0.1) is 13.8 Å². The topological polar surface area (TPSA) is 58.6 Å². The summed E-state index contributed by atoms with van der Waals surface area (Å²) in [6.45, 7) is 5.17. The summed E-state index contributed by atoms with van der Waals surface area (Å²) < 4.78 is 75.0. The number of hydrogen-bond acceptors (Lipinski definition) is 5. The number of halogens is 4. The molecule has 1 N–H and O–H groups in total. The maximum Gasteiger partial charge on any atom is 0.419 e. The molecule has 0 spiro atoms. The molecule has 0 aromatic heterocycles. The number of alkyl halides is 3. The van der Waals surface area contributed by atoms with E-state index in [9.17, 15) is 21.6 Å². The Balaban J connectivity index is 1.58. The lowest BCUT2D eigenvalue weighted by molar-refractivity contribution is -0.139. The lowest BCUT2D eigenvalue weighted by Crippen LogP contribution is -2.23. The van der Waals surface area contributed by atoms with Crippen LogP contribution in [-0.2, 0) is 16.2 Å². The molecule has 1 unspecified atom stereocenters. The maximum absolute atomic E-state index is 13.6. The zero-order chi connectivity index (χ0) is 27.0. The first-order valence-electron chi connectivity index (χ1n) is 11.5. The van der Waals surface area contributed by atoms with E-state index < -0.39 is 33.6 Å². The van der Waals surface area contributed by atoms with Crippen molar-refractivity contribution >= 4 is 39.1 Å². The van der Waals surface area contributed by atoms with Crippen LogP contribution in [0.2, 0.25) is 5.02 Å². The Bertz CT molecular complexity index is 1390. The fourth-order valence-electron chi connectivity index (χ4n) is 4.14. The number of anilines is 1. The number of rotatable bonds is 7. The van der Waals surface area contributed by atoms with Crippen LogP contribution in [0.15, 0.2) is 69.3 Å². The number of sulfonamides is 1. The summed E-state index contributed by atoms with van der Waals surface area (Å²) >= 11 is 7.83. The van der Waals surface area contributed by atoms with Crippen LogP contribution in [-0.4, -0.2) is 39.6 Å². The molecule has 37 heavy (non-hydrogen) atoms. The van der Waals surface area contributed by atoms with E-state index in [4.69, 9.17) is 16.3 Å². The zero-order valence-electron chi connectivity index (χ0n) is 20.4. The zero-order valence-corrected chi connectivity index (χ0v) is 22.8. The third-order valence-electron chi connectivity index (χ3n) is 6.00. The average Bonchev–Trinajstić information content (AvgIpc) is 3.19. The van der Waals surface area contributed by atoms with E-state index in [1.165, 1.54) is 17.8 Å². The van der Waals surface area contributed by atoms with Gasteiger partial charge in [-0.1, -0.05) is 41.6 Å². The number of likely N-dealkylation sites (N-methyl/N-ethyl adjacent to an activating group) is 1. The van der Waals surface area contributed by atoms with Gasteiger partial charge < -0.3 is 9.64 Å². The van der Waals surface area contributed by atoms with Gasteiger partial charge in [-0.2, -0.15) is 13.2 Å². The highest BCUT2D eigenvalue weighted by Crippen LogP contribution is 2.40. The van der Waals surface area contributed by atoms with Crippen molar-refractivity contribution in [2.75, 3.05) is 24.9 Å². The smallest absolute Gasteiger partial charge is 0.419 e. The molecule has 0 radical (unpaired) electrons. The number of nitrogens with one attached hydrogen (secondary N) is 1. The molecule has 1 saturated heterocycles. The quantitative estimate of drug-likeness (QED) is 0.331. The van der Waals surface area contributed by atoms with Crippen LogP contribution in [0.25, 0.3) is 0 Å². The third-order valence-corrected chi connectivity index (χ3v) is 9.20. The maximum atomic E-state index is 13.6. The van der Waals surface area contributed by atoms with E-state index in [2.05, 4.69) is 4.72 Å². The number of hydrogen-bond donors (Lipinski definition) is 1. The Morgan fingerprint density at radius 2 is 1.78 bits per heavy atom. The van der Waals surface area contributed by atoms with Gasteiger partial charge in [0.25, 0.3) is 10.0 Å². The van der Waals surface area contributed by atoms with E-state index >= 15 is 0 Å². The molecule has 0 amide bonds. The summed E-state index contributed by atoms with van der Waals surface area (Å²) in [7, 11) is -2.33. The minimum Gasteiger partial charge on any atom is -0.488 e. The highest BCUT2D eigenvalue weighted by atomic mass is 35.5. The fraction of sp³-hybridized carbons (Fsp3) is 0.308. The predicted molar refractivity (Wildman–Crippen MR) is 140 cm³/mol. The van der Waals surface area contributed by atoms with Crippen molar-refractivity contribution in [3.63, 3.8) is 0 Å². The van der Waals surface area contributed by atoms with Gasteiger partial charge in [0.1, 0.15) is 16.7 Å². The Kier molecular flexibility index (Phi) is 8.04. The third kappa shape index (κ3) is 6.54. The minimum atomic E-state index is -4.65. The molecule has 0 bridgehead atoms. The van der Waals surface area contributed by atoms with Crippen molar-refractivity contribution in [2.45, 2.75) is 47.2 Å². The lowest BCUT2D eigenvalue weighted by Gasteiger charge is -2.19. The molecular formula is C26H26ClF3N2O3S2. The average molecular weight is 571 g/mol. The molecule has 0 aliphatic carbocycles. The standard InChI is InChI=1S/C26H26ClF3N2O3S2/c1-16-5-4-6-17(2)25(16)36-20-8-10-24(22(27)14-20)37(33,34)31-18-7-9-21(26(28,29)30)23(13-18)35-19-11-12-32(3)15-19/h4-10,13-14,19,31H,11-12,15H2,1-3H3. The van der Waals surface area contributed by atoms with Gasteiger partial charge in [0.05, 0.1) is 16.3 Å². The summed E-state index contributed by atoms with van der Waals surface area (Å²) in [5.74, 6) is -0.417. The van der Waals surface area contributed by atoms with Gasteiger partial charge in [-0.15, -0.1) is 0 Å². The Labute approximate surface area is 224 Å². The van der Waals surface area contributed by atoms with E-state index in [0.29, 0.717) is 19.5 Å². The largest absolute Gasteiger partial charge is 0.488 e. The number of nitrogens with zero attached hydrogens (tertiary/aromatic N) is 1. The van der Waals surface area contributed by atoms with Gasteiger partial charge in [0, 0.05) is 28.9 Å². The predicted octanol–water partition coefficient (Wildman–Crippen LogP) is 7.01. The number of aryl methyl sites for hydroxylation is 2. The molecule has 3 aromatic rings. The van der Waals surface area contributed by atoms with Gasteiger partial charge in [-0.05, 0) is 68.8 Å².